The first-order chi connectivity index (χ1) is 8.45. The van der Waals surface area contributed by atoms with Crippen LogP contribution >= 0.6 is 0 Å². The van der Waals surface area contributed by atoms with Crippen molar-refractivity contribution in [3.8, 4) is 0 Å². The second kappa shape index (κ2) is 5.88. The Morgan fingerprint density at radius 1 is 1.28 bits per heavy atom. The monoisotopic (exact) mass is 274 g/mol. The van der Waals surface area contributed by atoms with E-state index in [0.717, 1.165) is 31.8 Å². The van der Waals surface area contributed by atoms with Gasteiger partial charge in [0.1, 0.15) is 0 Å². The van der Waals surface area contributed by atoms with Crippen molar-refractivity contribution >= 4 is 10.0 Å². The van der Waals surface area contributed by atoms with Crippen molar-refractivity contribution in [2.24, 2.45) is 11.8 Å². The third kappa shape index (κ3) is 3.93. The predicted molar refractivity (Wildman–Crippen MR) is 73.9 cm³/mol. The maximum absolute atomic E-state index is 11.6. The van der Waals surface area contributed by atoms with E-state index in [2.05, 4.69) is 12.2 Å². The zero-order valence-corrected chi connectivity index (χ0v) is 12.4. The molecule has 106 valence electrons. The molecule has 0 radical (unpaired) electrons. The lowest BCUT2D eigenvalue weighted by molar-refractivity contribution is 0.215. The van der Waals surface area contributed by atoms with Gasteiger partial charge in [0.25, 0.3) is 0 Å². The van der Waals surface area contributed by atoms with Crippen LogP contribution in [0.5, 0.6) is 0 Å². The molecule has 2 heterocycles. The van der Waals surface area contributed by atoms with Gasteiger partial charge in [-0.25, -0.2) is 12.7 Å². The average Bonchev–Trinajstić information content (AvgIpc) is 2.31. The van der Waals surface area contributed by atoms with Gasteiger partial charge >= 0.3 is 0 Å². The van der Waals surface area contributed by atoms with Crippen molar-refractivity contribution in [2.45, 2.75) is 45.1 Å². The highest BCUT2D eigenvalue weighted by Crippen LogP contribution is 2.26. The summed E-state index contributed by atoms with van der Waals surface area (Å²) >= 11 is 0. The topological polar surface area (TPSA) is 49.4 Å². The number of hydrogen-bond donors (Lipinski definition) is 1. The summed E-state index contributed by atoms with van der Waals surface area (Å²) in [5, 5.41) is 3.60. The van der Waals surface area contributed by atoms with E-state index in [4.69, 9.17) is 0 Å². The summed E-state index contributed by atoms with van der Waals surface area (Å²) < 4.78 is 24.8. The number of rotatable bonds is 3. The molecule has 0 aromatic rings. The van der Waals surface area contributed by atoms with Crippen LogP contribution in [0.4, 0.5) is 0 Å². The maximum Gasteiger partial charge on any atom is 0.211 e. The van der Waals surface area contributed by atoms with Crippen molar-refractivity contribution in [3.63, 3.8) is 0 Å². The lowest BCUT2D eigenvalue weighted by Gasteiger charge is -2.35. The Bertz CT molecular complexity index is 361. The van der Waals surface area contributed by atoms with Crippen LogP contribution in [0.15, 0.2) is 0 Å². The van der Waals surface area contributed by atoms with E-state index >= 15 is 0 Å². The Hall–Kier alpha value is -0.130. The van der Waals surface area contributed by atoms with E-state index in [9.17, 15) is 8.42 Å². The van der Waals surface area contributed by atoms with Gasteiger partial charge in [-0.2, -0.15) is 0 Å². The minimum atomic E-state index is -3.00. The van der Waals surface area contributed by atoms with E-state index < -0.39 is 10.0 Å². The summed E-state index contributed by atoms with van der Waals surface area (Å²) in [7, 11) is -3.00. The zero-order chi connectivity index (χ0) is 13.2. The van der Waals surface area contributed by atoms with Gasteiger partial charge in [0, 0.05) is 19.1 Å². The van der Waals surface area contributed by atoms with Gasteiger partial charge in [0.05, 0.1) is 6.26 Å². The van der Waals surface area contributed by atoms with Crippen molar-refractivity contribution in [2.75, 3.05) is 25.9 Å². The Kier molecular flexibility index (Phi) is 4.67. The molecule has 2 fully saturated rings. The fourth-order valence-corrected chi connectivity index (χ4v) is 4.12. The summed E-state index contributed by atoms with van der Waals surface area (Å²) in [5.41, 5.74) is 0. The lowest BCUT2D eigenvalue weighted by atomic mass is 9.87. The first kappa shape index (κ1) is 14.3. The fraction of sp³-hybridized carbons (Fsp3) is 1.00. The van der Waals surface area contributed by atoms with E-state index in [1.807, 2.05) is 0 Å². The SMILES string of the molecule is CC1CCC(CC2CCCN(S(C)(=O)=O)C2)NC1. The Morgan fingerprint density at radius 2 is 2.06 bits per heavy atom. The van der Waals surface area contributed by atoms with Gasteiger partial charge in [-0.05, 0) is 50.5 Å². The number of nitrogens with one attached hydrogen (secondary N) is 1. The molecule has 0 amide bonds. The third-order valence-electron chi connectivity index (χ3n) is 4.33. The van der Waals surface area contributed by atoms with Crippen LogP contribution in [-0.4, -0.2) is 44.7 Å². The second-order valence-corrected chi connectivity index (χ2v) is 8.14. The molecule has 0 aliphatic carbocycles. The van der Waals surface area contributed by atoms with Crippen LogP contribution in [0.2, 0.25) is 0 Å². The molecule has 0 aromatic carbocycles. The Balaban J connectivity index is 1.83. The highest BCUT2D eigenvalue weighted by Gasteiger charge is 2.28. The number of sulfonamides is 1. The molecule has 4 nitrogen and oxygen atoms in total. The number of hydrogen-bond acceptors (Lipinski definition) is 3. The first-order valence-corrected chi connectivity index (χ1v) is 8.98. The van der Waals surface area contributed by atoms with E-state index in [0.29, 0.717) is 18.5 Å². The first-order valence-electron chi connectivity index (χ1n) is 7.13. The van der Waals surface area contributed by atoms with Crippen molar-refractivity contribution in [1.82, 2.24) is 9.62 Å². The standard InChI is InChI=1S/C13H26N2O2S/c1-11-5-6-13(14-9-11)8-12-4-3-7-15(10-12)18(2,16)17/h11-14H,3-10H2,1-2H3. The summed E-state index contributed by atoms with van der Waals surface area (Å²) in [5.74, 6) is 1.33. The minimum Gasteiger partial charge on any atom is -0.314 e. The minimum absolute atomic E-state index is 0.541. The third-order valence-corrected chi connectivity index (χ3v) is 5.60. The highest BCUT2D eigenvalue weighted by molar-refractivity contribution is 7.88. The van der Waals surface area contributed by atoms with E-state index in [1.54, 1.807) is 4.31 Å². The van der Waals surface area contributed by atoms with Crippen LogP contribution in [0.1, 0.15) is 39.0 Å². The normalized spacial score (nSPS) is 35.6. The van der Waals surface area contributed by atoms with Gasteiger partial charge in [-0.3, -0.25) is 0 Å². The molecule has 0 aromatic heterocycles. The fourth-order valence-electron chi connectivity index (χ4n) is 3.18. The summed E-state index contributed by atoms with van der Waals surface area (Å²) in [6.45, 7) is 4.85. The number of piperidine rings is 2. The van der Waals surface area contributed by atoms with Crippen molar-refractivity contribution in [1.29, 1.82) is 0 Å². The van der Waals surface area contributed by atoms with Crippen molar-refractivity contribution in [3.05, 3.63) is 0 Å². The van der Waals surface area contributed by atoms with Crippen LogP contribution < -0.4 is 5.32 Å². The van der Waals surface area contributed by atoms with Gasteiger partial charge in [-0.1, -0.05) is 6.92 Å². The maximum atomic E-state index is 11.6. The Morgan fingerprint density at radius 3 is 2.67 bits per heavy atom. The summed E-state index contributed by atoms with van der Waals surface area (Å²) in [6.07, 6.45) is 7.21. The van der Waals surface area contributed by atoms with Crippen LogP contribution in [-0.2, 0) is 10.0 Å². The van der Waals surface area contributed by atoms with Crippen molar-refractivity contribution < 1.29 is 8.42 Å². The molecule has 0 bridgehead atoms. The van der Waals surface area contributed by atoms with Gasteiger partial charge in [0.15, 0.2) is 0 Å². The van der Waals surface area contributed by atoms with Gasteiger partial charge in [-0.15, -0.1) is 0 Å². The van der Waals surface area contributed by atoms with Crippen LogP contribution in [0.25, 0.3) is 0 Å². The molecular formula is C13H26N2O2S. The largest absolute Gasteiger partial charge is 0.314 e. The molecule has 18 heavy (non-hydrogen) atoms. The van der Waals surface area contributed by atoms with E-state index in [-0.39, 0.29) is 0 Å². The molecule has 2 saturated heterocycles. The molecule has 5 heteroatoms. The molecule has 2 rings (SSSR count). The van der Waals surface area contributed by atoms with Gasteiger partial charge in [0.2, 0.25) is 10.0 Å². The average molecular weight is 274 g/mol. The van der Waals surface area contributed by atoms with E-state index in [1.165, 1.54) is 25.5 Å². The molecule has 1 N–H and O–H groups in total. The quantitative estimate of drug-likeness (QED) is 0.847. The molecular weight excluding hydrogens is 248 g/mol. The predicted octanol–water partition coefficient (Wildman–Crippen LogP) is 1.44. The Labute approximate surface area is 111 Å². The molecule has 3 unspecified atom stereocenters. The molecule has 0 spiro atoms. The molecule has 2 aliphatic heterocycles. The zero-order valence-electron chi connectivity index (χ0n) is 11.6. The molecule has 2 aliphatic rings. The highest BCUT2D eigenvalue weighted by atomic mass is 32.2. The molecule has 3 atom stereocenters. The van der Waals surface area contributed by atoms with Crippen LogP contribution in [0, 0.1) is 11.8 Å². The van der Waals surface area contributed by atoms with Crippen LogP contribution in [0.3, 0.4) is 0 Å². The summed E-state index contributed by atoms with van der Waals surface area (Å²) in [4.78, 5) is 0. The molecule has 0 saturated carbocycles. The van der Waals surface area contributed by atoms with Gasteiger partial charge < -0.3 is 5.32 Å². The number of nitrogens with zero attached hydrogens (tertiary/aromatic N) is 1. The lowest BCUT2D eigenvalue weighted by Crippen LogP contribution is -2.44. The summed E-state index contributed by atoms with van der Waals surface area (Å²) in [6, 6.07) is 0.603. The smallest absolute Gasteiger partial charge is 0.211 e. The second-order valence-electron chi connectivity index (χ2n) is 6.15.